The second kappa shape index (κ2) is 7.87. The molecule has 3 nitrogen and oxygen atoms in total. The Balaban J connectivity index is 0.00000200. The van der Waals surface area contributed by atoms with Gasteiger partial charge in [0.25, 0.3) is 0 Å². The second-order valence-electron chi connectivity index (χ2n) is 5.17. The average molecular weight is 317 g/mol. The monoisotopic (exact) mass is 316 g/mol. The van der Waals surface area contributed by atoms with Gasteiger partial charge in [-0.15, -0.1) is 12.4 Å². The van der Waals surface area contributed by atoms with E-state index in [0.717, 1.165) is 36.5 Å². The molecule has 0 aliphatic carbocycles. The summed E-state index contributed by atoms with van der Waals surface area (Å²) in [6.45, 7) is 3.90. The van der Waals surface area contributed by atoms with E-state index < -0.39 is 0 Å². The average Bonchev–Trinajstić information content (AvgIpc) is 2.46. The SMILES string of the molecule is CC(c1ccccc1Cl)N(C)C(=O)C1CCNCC1.Cl. The molecule has 5 heteroatoms. The molecular formula is C15H22Cl2N2O. The minimum Gasteiger partial charge on any atom is -0.339 e. The van der Waals surface area contributed by atoms with Crippen LogP contribution in [0.3, 0.4) is 0 Å². The van der Waals surface area contributed by atoms with E-state index >= 15 is 0 Å². The van der Waals surface area contributed by atoms with Gasteiger partial charge in [0.15, 0.2) is 0 Å². The largest absolute Gasteiger partial charge is 0.339 e. The number of amides is 1. The van der Waals surface area contributed by atoms with Crippen molar-refractivity contribution in [2.75, 3.05) is 20.1 Å². The summed E-state index contributed by atoms with van der Waals surface area (Å²) in [5.74, 6) is 0.380. The Kier molecular flexibility index (Phi) is 6.80. The molecule has 1 aliphatic rings. The van der Waals surface area contributed by atoms with Gasteiger partial charge in [0.1, 0.15) is 0 Å². The number of nitrogens with one attached hydrogen (secondary N) is 1. The van der Waals surface area contributed by atoms with E-state index in [9.17, 15) is 4.79 Å². The summed E-state index contributed by atoms with van der Waals surface area (Å²) >= 11 is 6.21. The number of hydrogen-bond donors (Lipinski definition) is 1. The highest BCUT2D eigenvalue weighted by atomic mass is 35.5. The van der Waals surface area contributed by atoms with Gasteiger partial charge in [-0.05, 0) is 44.5 Å². The van der Waals surface area contributed by atoms with Crippen molar-refractivity contribution >= 4 is 29.9 Å². The quantitative estimate of drug-likeness (QED) is 0.928. The Morgan fingerprint density at radius 1 is 1.35 bits per heavy atom. The highest BCUT2D eigenvalue weighted by Gasteiger charge is 2.27. The van der Waals surface area contributed by atoms with Crippen LogP contribution in [-0.4, -0.2) is 30.9 Å². The lowest BCUT2D eigenvalue weighted by molar-refractivity contribution is -0.137. The van der Waals surface area contributed by atoms with Gasteiger partial charge in [0.2, 0.25) is 5.91 Å². The zero-order valence-corrected chi connectivity index (χ0v) is 13.5. The molecule has 0 saturated carbocycles. The molecular weight excluding hydrogens is 295 g/mol. The zero-order chi connectivity index (χ0) is 13.8. The molecule has 1 atom stereocenters. The molecule has 1 aromatic carbocycles. The Hall–Kier alpha value is -0.770. The van der Waals surface area contributed by atoms with Crippen LogP contribution in [0, 0.1) is 5.92 Å². The van der Waals surface area contributed by atoms with Crippen LogP contribution in [0.5, 0.6) is 0 Å². The first-order valence-corrected chi connectivity index (χ1v) is 7.21. The van der Waals surface area contributed by atoms with Crippen LogP contribution in [-0.2, 0) is 4.79 Å². The van der Waals surface area contributed by atoms with Gasteiger partial charge in [-0.3, -0.25) is 4.79 Å². The summed E-state index contributed by atoms with van der Waals surface area (Å²) in [7, 11) is 1.87. The number of nitrogens with zero attached hydrogens (tertiary/aromatic N) is 1. The van der Waals surface area contributed by atoms with Crippen molar-refractivity contribution in [1.29, 1.82) is 0 Å². The number of carbonyl (C=O) groups is 1. The smallest absolute Gasteiger partial charge is 0.226 e. The van der Waals surface area contributed by atoms with Crippen molar-refractivity contribution in [3.8, 4) is 0 Å². The minimum atomic E-state index is 0. The van der Waals surface area contributed by atoms with E-state index in [2.05, 4.69) is 5.32 Å². The van der Waals surface area contributed by atoms with Crippen LogP contribution in [0.15, 0.2) is 24.3 Å². The van der Waals surface area contributed by atoms with E-state index in [1.807, 2.05) is 43.1 Å². The van der Waals surface area contributed by atoms with E-state index in [-0.39, 0.29) is 30.3 Å². The number of benzene rings is 1. The number of carbonyl (C=O) groups excluding carboxylic acids is 1. The number of halogens is 2. The molecule has 1 heterocycles. The number of piperidine rings is 1. The maximum absolute atomic E-state index is 12.5. The van der Waals surface area contributed by atoms with Gasteiger partial charge >= 0.3 is 0 Å². The fourth-order valence-corrected chi connectivity index (χ4v) is 2.86. The van der Waals surface area contributed by atoms with Crippen molar-refractivity contribution in [3.05, 3.63) is 34.9 Å². The maximum Gasteiger partial charge on any atom is 0.226 e. The van der Waals surface area contributed by atoms with Crippen LogP contribution in [0.4, 0.5) is 0 Å². The molecule has 0 aromatic heterocycles. The van der Waals surface area contributed by atoms with E-state index in [1.165, 1.54) is 0 Å². The van der Waals surface area contributed by atoms with Crippen LogP contribution >= 0.6 is 24.0 Å². The van der Waals surface area contributed by atoms with Crippen LogP contribution in [0.25, 0.3) is 0 Å². The molecule has 112 valence electrons. The van der Waals surface area contributed by atoms with Gasteiger partial charge in [-0.2, -0.15) is 0 Å². The Morgan fingerprint density at radius 3 is 2.55 bits per heavy atom. The number of hydrogen-bond acceptors (Lipinski definition) is 2. The lowest BCUT2D eigenvalue weighted by Gasteiger charge is -2.31. The zero-order valence-electron chi connectivity index (χ0n) is 11.9. The summed E-state index contributed by atoms with van der Waals surface area (Å²) in [6, 6.07) is 7.74. The fraction of sp³-hybridized carbons (Fsp3) is 0.533. The topological polar surface area (TPSA) is 32.3 Å². The summed E-state index contributed by atoms with van der Waals surface area (Å²) in [6.07, 6.45) is 1.86. The standard InChI is InChI=1S/C15H21ClN2O.ClH/c1-11(13-5-3-4-6-14(13)16)18(2)15(19)12-7-9-17-10-8-12;/h3-6,11-12,17H,7-10H2,1-2H3;1H. The predicted molar refractivity (Wildman–Crippen MR) is 85.5 cm³/mol. The molecule has 1 unspecified atom stereocenters. The van der Waals surface area contributed by atoms with Crippen LogP contribution in [0.1, 0.15) is 31.4 Å². The lowest BCUT2D eigenvalue weighted by Crippen LogP contribution is -2.40. The molecule has 0 radical (unpaired) electrons. The Morgan fingerprint density at radius 2 is 1.95 bits per heavy atom. The van der Waals surface area contributed by atoms with E-state index in [1.54, 1.807) is 0 Å². The first-order valence-electron chi connectivity index (χ1n) is 6.83. The normalized spacial score (nSPS) is 17.1. The van der Waals surface area contributed by atoms with Crippen molar-refractivity contribution in [2.45, 2.75) is 25.8 Å². The van der Waals surface area contributed by atoms with Gasteiger partial charge in [-0.25, -0.2) is 0 Å². The predicted octanol–water partition coefficient (Wildman–Crippen LogP) is 3.28. The first-order chi connectivity index (χ1) is 9.11. The number of rotatable bonds is 3. The summed E-state index contributed by atoms with van der Waals surface area (Å²) in [4.78, 5) is 14.3. The molecule has 0 spiro atoms. The molecule has 0 bridgehead atoms. The molecule has 1 aliphatic heterocycles. The van der Waals surface area contributed by atoms with E-state index in [4.69, 9.17) is 11.6 Å². The van der Waals surface area contributed by atoms with E-state index in [0.29, 0.717) is 0 Å². The summed E-state index contributed by atoms with van der Waals surface area (Å²) in [5, 5.41) is 4.01. The summed E-state index contributed by atoms with van der Waals surface area (Å²) < 4.78 is 0. The highest BCUT2D eigenvalue weighted by molar-refractivity contribution is 6.31. The Bertz CT molecular complexity index is 447. The van der Waals surface area contributed by atoms with Crippen molar-refractivity contribution < 1.29 is 4.79 Å². The third kappa shape index (κ3) is 3.87. The van der Waals surface area contributed by atoms with Crippen LogP contribution in [0.2, 0.25) is 5.02 Å². The molecule has 1 aromatic rings. The fourth-order valence-electron chi connectivity index (χ4n) is 2.57. The van der Waals surface area contributed by atoms with Gasteiger partial charge in [0.05, 0.1) is 6.04 Å². The van der Waals surface area contributed by atoms with Gasteiger partial charge in [-0.1, -0.05) is 29.8 Å². The first kappa shape index (κ1) is 17.3. The molecule has 1 fully saturated rings. The highest BCUT2D eigenvalue weighted by Crippen LogP contribution is 2.28. The Labute approximate surface area is 132 Å². The third-order valence-corrected chi connectivity index (χ3v) is 4.32. The minimum absolute atomic E-state index is 0. The molecule has 1 N–H and O–H groups in total. The van der Waals surface area contributed by atoms with Gasteiger partial charge < -0.3 is 10.2 Å². The van der Waals surface area contributed by atoms with Gasteiger partial charge in [0, 0.05) is 18.0 Å². The van der Waals surface area contributed by atoms with Crippen molar-refractivity contribution in [3.63, 3.8) is 0 Å². The molecule has 1 amide bonds. The molecule has 2 rings (SSSR count). The summed E-state index contributed by atoms with van der Waals surface area (Å²) in [5.41, 5.74) is 1.01. The second-order valence-corrected chi connectivity index (χ2v) is 5.58. The lowest BCUT2D eigenvalue weighted by atomic mass is 9.95. The van der Waals surface area contributed by atoms with Crippen molar-refractivity contribution in [2.24, 2.45) is 5.92 Å². The third-order valence-electron chi connectivity index (χ3n) is 3.97. The maximum atomic E-state index is 12.5. The van der Waals surface area contributed by atoms with Crippen molar-refractivity contribution in [1.82, 2.24) is 10.2 Å². The molecule has 1 saturated heterocycles. The van der Waals surface area contributed by atoms with Crippen LogP contribution < -0.4 is 5.32 Å². The molecule has 20 heavy (non-hydrogen) atoms.